The molecule has 1 amide bonds. The van der Waals surface area contributed by atoms with E-state index in [0.717, 1.165) is 11.4 Å². The van der Waals surface area contributed by atoms with Crippen molar-refractivity contribution in [3.8, 4) is 5.75 Å². The molecule has 0 aromatic heterocycles. The lowest BCUT2D eigenvalue weighted by molar-refractivity contribution is -0.117. The number of benzene rings is 1. The third-order valence-corrected chi connectivity index (χ3v) is 2.73. The summed E-state index contributed by atoms with van der Waals surface area (Å²) in [6.45, 7) is 6.56. The number of rotatable bonds is 6. The van der Waals surface area contributed by atoms with Gasteiger partial charge in [0, 0.05) is 17.6 Å². The Kier molecular flexibility index (Phi) is 5.16. The standard InChI is InChI=1S/C14H22N2O2/c1-5-18-12-8-6-11(7-9-12)16-13(17)10-14(2,3)15-4/h6-9,15H,5,10H2,1-4H3,(H,16,17). The van der Waals surface area contributed by atoms with Crippen molar-refractivity contribution in [1.29, 1.82) is 0 Å². The molecule has 0 spiro atoms. The van der Waals surface area contributed by atoms with Gasteiger partial charge in [0.2, 0.25) is 5.91 Å². The number of anilines is 1. The molecular formula is C14H22N2O2. The molecule has 1 aromatic rings. The molecule has 1 aromatic carbocycles. The van der Waals surface area contributed by atoms with Crippen LogP contribution in [0.3, 0.4) is 0 Å². The average Bonchev–Trinajstić information content (AvgIpc) is 2.31. The molecule has 0 fully saturated rings. The Bertz CT molecular complexity index is 385. The Morgan fingerprint density at radius 2 is 1.89 bits per heavy atom. The van der Waals surface area contributed by atoms with Crippen molar-refractivity contribution in [3.63, 3.8) is 0 Å². The number of carbonyl (C=O) groups is 1. The Hall–Kier alpha value is -1.55. The third-order valence-electron chi connectivity index (χ3n) is 2.73. The van der Waals surface area contributed by atoms with Gasteiger partial charge in [-0.05, 0) is 52.1 Å². The van der Waals surface area contributed by atoms with Crippen LogP contribution in [0.1, 0.15) is 27.2 Å². The summed E-state index contributed by atoms with van der Waals surface area (Å²) in [6, 6.07) is 7.38. The maximum atomic E-state index is 11.8. The first kappa shape index (κ1) is 14.5. The Morgan fingerprint density at radius 1 is 1.28 bits per heavy atom. The largest absolute Gasteiger partial charge is 0.494 e. The van der Waals surface area contributed by atoms with E-state index >= 15 is 0 Å². The molecule has 0 saturated heterocycles. The maximum Gasteiger partial charge on any atom is 0.226 e. The van der Waals surface area contributed by atoms with Crippen LogP contribution in [0.4, 0.5) is 5.69 Å². The summed E-state index contributed by atoms with van der Waals surface area (Å²) >= 11 is 0. The number of amides is 1. The SMILES string of the molecule is CCOc1ccc(NC(=O)CC(C)(C)NC)cc1. The second kappa shape index (κ2) is 6.40. The molecule has 0 unspecified atom stereocenters. The van der Waals surface area contributed by atoms with E-state index in [1.54, 1.807) is 0 Å². The highest BCUT2D eigenvalue weighted by Gasteiger charge is 2.19. The van der Waals surface area contributed by atoms with E-state index in [2.05, 4.69) is 10.6 Å². The van der Waals surface area contributed by atoms with Gasteiger partial charge >= 0.3 is 0 Å². The first-order valence-corrected chi connectivity index (χ1v) is 6.18. The number of hydrogen-bond acceptors (Lipinski definition) is 3. The molecule has 0 saturated carbocycles. The van der Waals surface area contributed by atoms with Crippen molar-refractivity contribution in [2.75, 3.05) is 19.0 Å². The van der Waals surface area contributed by atoms with Crippen LogP contribution in [0.5, 0.6) is 5.75 Å². The van der Waals surface area contributed by atoms with Crippen molar-refractivity contribution in [2.45, 2.75) is 32.7 Å². The van der Waals surface area contributed by atoms with E-state index in [1.807, 2.05) is 52.1 Å². The van der Waals surface area contributed by atoms with E-state index in [0.29, 0.717) is 13.0 Å². The number of carbonyl (C=O) groups excluding carboxylic acids is 1. The van der Waals surface area contributed by atoms with Crippen molar-refractivity contribution in [3.05, 3.63) is 24.3 Å². The molecule has 18 heavy (non-hydrogen) atoms. The molecule has 0 aliphatic carbocycles. The molecule has 0 atom stereocenters. The Morgan fingerprint density at radius 3 is 2.39 bits per heavy atom. The fourth-order valence-electron chi connectivity index (χ4n) is 1.50. The van der Waals surface area contributed by atoms with E-state index in [4.69, 9.17) is 4.74 Å². The minimum absolute atomic E-state index is 0.00138. The highest BCUT2D eigenvalue weighted by molar-refractivity contribution is 5.91. The third kappa shape index (κ3) is 4.75. The molecular weight excluding hydrogens is 228 g/mol. The van der Waals surface area contributed by atoms with Crippen LogP contribution in [0.15, 0.2) is 24.3 Å². The molecule has 1 rings (SSSR count). The quantitative estimate of drug-likeness (QED) is 0.815. The van der Waals surface area contributed by atoms with Crippen LogP contribution in [-0.2, 0) is 4.79 Å². The molecule has 2 N–H and O–H groups in total. The zero-order valence-corrected chi connectivity index (χ0v) is 11.5. The lowest BCUT2D eigenvalue weighted by Gasteiger charge is -2.23. The first-order valence-electron chi connectivity index (χ1n) is 6.18. The summed E-state index contributed by atoms with van der Waals surface area (Å²) in [4.78, 5) is 11.8. The van der Waals surface area contributed by atoms with Gasteiger partial charge in [-0.1, -0.05) is 0 Å². The van der Waals surface area contributed by atoms with Gasteiger partial charge in [-0.2, -0.15) is 0 Å². The minimum atomic E-state index is -0.199. The summed E-state index contributed by atoms with van der Waals surface area (Å²) in [6.07, 6.45) is 0.427. The lowest BCUT2D eigenvalue weighted by Crippen LogP contribution is -2.39. The normalized spacial score (nSPS) is 11.1. The Balaban J connectivity index is 2.54. The average molecular weight is 250 g/mol. The first-order chi connectivity index (χ1) is 8.46. The molecule has 0 radical (unpaired) electrons. The summed E-state index contributed by atoms with van der Waals surface area (Å²) in [5.41, 5.74) is 0.588. The van der Waals surface area contributed by atoms with Crippen molar-refractivity contribution in [1.82, 2.24) is 5.32 Å². The molecule has 4 nitrogen and oxygen atoms in total. The second-order valence-electron chi connectivity index (χ2n) is 4.82. The molecule has 0 aliphatic rings. The highest BCUT2D eigenvalue weighted by atomic mass is 16.5. The fraction of sp³-hybridized carbons (Fsp3) is 0.500. The van der Waals surface area contributed by atoms with Crippen LogP contribution >= 0.6 is 0 Å². The molecule has 0 bridgehead atoms. The minimum Gasteiger partial charge on any atom is -0.494 e. The van der Waals surface area contributed by atoms with Crippen LogP contribution in [-0.4, -0.2) is 25.1 Å². The smallest absolute Gasteiger partial charge is 0.226 e. The van der Waals surface area contributed by atoms with Gasteiger partial charge in [-0.15, -0.1) is 0 Å². The number of nitrogens with one attached hydrogen (secondary N) is 2. The lowest BCUT2D eigenvalue weighted by atomic mass is 10.0. The fourth-order valence-corrected chi connectivity index (χ4v) is 1.50. The number of hydrogen-bond donors (Lipinski definition) is 2. The number of ether oxygens (including phenoxy) is 1. The van der Waals surface area contributed by atoms with Crippen LogP contribution in [0.2, 0.25) is 0 Å². The van der Waals surface area contributed by atoms with Gasteiger partial charge in [0.25, 0.3) is 0 Å². The highest BCUT2D eigenvalue weighted by Crippen LogP contribution is 2.16. The molecule has 0 aliphatic heterocycles. The van der Waals surface area contributed by atoms with E-state index in [1.165, 1.54) is 0 Å². The zero-order valence-electron chi connectivity index (χ0n) is 11.5. The second-order valence-corrected chi connectivity index (χ2v) is 4.82. The predicted octanol–water partition coefficient (Wildman–Crippen LogP) is 2.41. The Labute approximate surface area is 109 Å². The van der Waals surface area contributed by atoms with E-state index in [9.17, 15) is 4.79 Å². The van der Waals surface area contributed by atoms with E-state index < -0.39 is 0 Å². The van der Waals surface area contributed by atoms with Crippen LogP contribution in [0, 0.1) is 0 Å². The molecule has 0 heterocycles. The van der Waals surface area contributed by atoms with Gasteiger partial charge in [0.15, 0.2) is 0 Å². The predicted molar refractivity (Wildman–Crippen MR) is 74.0 cm³/mol. The summed E-state index contributed by atoms with van der Waals surface area (Å²) in [7, 11) is 1.85. The van der Waals surface area contributed by atoms with Crippen molar-refractivity contribution in [2.24, 2.45) is 0 Å². The molecule has 4 heteroatoms. The van der Waals surface area contributed by atoms with Gasteiger partial charge in [-0.25, -0.2) is 0 Å². The molecule has 100 valence electrons. The van der Waals surface area contributed by atoms with Gasteiger partial charge in [-0.3, -0.25) is 4.79 Å². The van der Waals surface area contributed by atoms with E-state index in [-0.39, 0.29) is 11.4 Å². The van der Waals surface area contributed by atoms with Gasteiger partial charge < -0.3 is 15.4 Å². The van der Waals surface area contributed by atoms with Crippen LogP contribution < -0.4 is 15.4 Å². The maximum absolute atomic E-state index is 11.8. The van der Waals surface area contributed by atoms with Crippen molar-refractivity contribution < 1.29 is 9.53 Å². The topological polar surface area (TPSA) is 50.4 Å². The monoisotopic (exact) mass is 250 g/mol. The van der Waals surface area contributed by atoms with Crippen molar-refractivity contribution >= 4 is 11.6 Å². The van der Waals surface area contributed by atoms with Gasteiger partial charge in [0.05, 0.1) is 6.61 Å². The van der Waals surface area contributed by atoms with Crippen LogP contribution in [0.25, 0.3) is 0 Å². The summed E-state index contributed by atoms with van der Waals surface area (Å²) in [5.74, 6) is 0.810. The van der Waals surface area contributed by atoms with Gasteiger partial charge in [0.1, 0.15) is 5.75 Å². The summed E-state index contributed by atoms with van der Waals surface area (Å²) in [5, 5.41) is 5.97. The zero-order chi connectivity index (χ0) is 13.6. The summed E-state index contributed by atoms with van der Waals surface area (Å²) < 4.78 is 5.34.